The van der Waals surface area contributed by atoms with Gasteiger partial charge in [-0.25, -0.2) is 18.7 Å². The summed E-state index contributed by atoms with van der Waals surface area (Å²) in [5, 5.41) is 39.6. The molecule has 50 heteroatoms. The summed E-state index contributed by atoms with van der Waals surface area (Å²) in [6.07, 6.45) is -7.79. The van der Waals surface area contributed by atoms with Crippen LogP contribution in [0.2, 0.25) is 0 Å². The van der Waals surface area contributed by atoms with Crippen LogP contribution in [0, 0.1) is 23.7 Å². The highest BCUT2D eigenvalue weighted by Crippen LogP contribution is 2.48. The third-order valence-corrected chi connectivity index (χ3v) is 25.9. The van der Waals surface area contributed by atoms with E-state index in [1.807, 2.05) is 13.8 Å². The normalized spacial score (nSPS) is 22.1. The van der Waals surface area contributed by atoms with Gasteiger partial charge in [0.05, 0.1) is 70.2 Å². The van der Waals surface area contributed by atoms with E-state index in [2.05, 4.69) is 40.3 Å². The average molecular weight is 1800 g/mol. The van der Waals surface area contributed by atoms with Crippen molar-refractivity contribution >= 4 is 145 Å². The fourth-order valence-corrected chi connectivity index (χ4v) is 18.6. The number of nitrogens with zero attached hydrogens (tertiary/aromatic N) is 4. The number of hydrogen-bond donors (Lipinski definition) is 12. The van der Waals surface area contributed by atoms with Gasteiger partial charge in [-0.2, -0.15) is 74.6 Å². The predicted molar refractivity (Wildman–Crippen MR) is 413 cm³/mol. The Bertz CT molecular complexity index is 4000. The van der Waals surface area contributed by atoms with E-state index in [1.165, 1.54) is 25.6 Å². The highest BCUT2D eigenvalue weighted by molar-refractivity contribution is 8.04. The lowest BCUT2D eigenvalue weighted by Gasteiger charge is -2.37. The van der Waals surface area contributed by atoms with E-state index in [-0.39, 0.29) is 157 Å². The van der Waals surface area contributed by atoms with E-state index in [1.54, 1.807) is 35.3 Å². The topological polar surface area (TPSA) is 598 Å². The molecule has 2 aromatic heterocycles. The first kappa shape index (κ1) is 102. The number of aliphatic hydroxyl groups excluding tert-OH is 2. The zero-order chi connectivity index (χ0) is 87.8. The van der Waals surface area contributed by atoms with Gasteiger partial charge in [0.2, 0.25) is 30.2 Å². The number of primary amides is 1. The van der Waals surface area contributed by atoms with E-state index in [9.17, 15) is 109 Å². The number of carbonyl (C=O) groups is 12. The molecule has 0 radical (unpaired) electrons. The average Bonchev–Trinajstić information content (AvgIpc) is 1.62. The van der Waals surface area contributed by atoms with Crippen LogP contribution in [0.4, 0.5) is 29.2 Å². The van der Waals surface area contributed by atoms with Crippen molar-refractivity contribution in [3.05, 3.63) is 45.5 Å². The number of carboxylic acid groups (broad SMARTS) is 1. The molecule has 2 aromatic rings. The number of ether oxygens (including phenoxy) is 6. The van der Waals surface area contributed by atoms with Crippen molar-refractivity contribution in [2.45, 2.75) is 187 Å². The molecular formula is C68H99F4N9O31P2S4. The van der Waals surface area contributed by atoms with Crippen LogP contribution in [-0.2, 0) is 104 Å². The fraction of sp³-hybridized carbons (Fsp3) is 0.706. The van der Waals surface area contributed by atoms with Gasteiger partial charge in [0.1, 0.15) is 47.0 Å². The lowest BCUT2D eigenvalue weighted by molar-refractivity contribution is -0.147. The Morgan fingerprint density at radius 1 is 0.559 bits per heavy atom. The van der Waals surface area contributed by atoms with Crippen LogP contribution in [-0.4, -0.2) is 271 Å². The number of halogens is 4. The summed E-state index contributed by atoms with van der Waals surface area (Å²) >= 11 is 6.34. The Hall–Kier alpha value is -6.70. The summed E-state index contributed by atoms with van der Waals surface area (Å²) in [6.45, 7) is 3.04. The van der Waals surface area contributed by atoms with E-state index in [4.69, 9.17) is 53.7 Å². The molecule has 5 amide bonds. The second-order valence-electron chi connectivity index (χ2n) is 27.5. The Morgan fingerprint density at radius 2 is 0.907 bits per heavy atom. The molecule has 4 heterocycles. The van der Waals surface area contributed by atoms with Crippen molar-refractivity contribution in [1.29, 1.82) is 0 Å². The minimum absolute atomic E-state index is 0.00622. The monoisotopic (exact) mass is 1800 g/mol. The maximum atomic E-state index is 14.7. The summed E-state index contributed by atoms with van der Waals surface area (Å²) in [7, 11) is -10.2. The zero-order valence-corrected chi connectivity index (χ0v) is 69.6. The molecule has 0 aromatic carbocycles. The van der Waals surface area contributed by atoms with Gasteiger partial charge in [-0.3, -0.25) is 75.7 Å². The van der Waals surface area contributed by atoms with Crippen molar-refractivity contribution < 1.29 is 157 Å². The Kier molecular flexibility index (Phi) is 42.7. The number of ketones is 4. The van der Waals surface area contributed by atoms with Gasteiger partial charge in [-0.05, 0) is 64.5 Å². The second-order valence-corrected chi connectivity index (χ2v) is 35.0. The molecule has 14 atom stereocenters. The minimum Gasteiger partial charge on any atom is -0.481 e. The van der Waals surface area contributed by atoms with Crippen molar-refractivity contribution in [3.63, 3.8) is 0 Å². The number of anilines is 2. The van der Waals surface area contributed by atoms with Crippen LogP contribution < -0.4 is 38.4 Å². The number of rotatable bonds is 54. The van der Waals surface area contributed by atoms with Gasteiger partial charge >= 0.3 is 56.8 Å². The summed E-state index contributed by atoms with van der Waals surface area (Å²) < 4.78 is 120. The molecule has 13 N–H and O–H groups in total. The van der Waals surface area contributed by atoms with Crippen LogP contribution in [0.1, 0.15) is 130 Å². The molecular weight excluding hydrogens is 1700 g/mol. The lowest BCUT2D eigenvalue weighted by Crippen LogP contribution is -2.42. The molecule has 0 spiro atoms. The van der Waals surface area contributed by atoms with Crippen molar-refractivity contribution in [2.75, 3.05) is 99.6 Å². The first-order chi connectivity index (χ1) is 55.4. The van der Waals surface area contributed by atoms with Gasteiger partial charge in [-0.1, -0.05) is 13.8 Å². The number of hydrogen-bond acceptors (Lipinski definition) is 32. The predicted octanol–water partition coefficient (Wildman–Crippen LogP) is 2.01. The number of nitrogens with one attached hydrogen (secondary N) is 4. The molecule has 4 aliphatic rings. The third-order valence-electron chi connectivity index (χ3n) is 18.3. The van der Waals surface area contributed by atoms with Crippen molar-refractivity contribution in [3.8, 4) is 0 Å². The number of Topliss-reactive ketones (excluding diaryl/α,β-unsaturated/α-hetero) is 4. The van der Waals surface area contributed by atoms with Gasteiger partial charge in [0.15, 0.2) is 25.4 Å². The van der Waals surface area contributed by atoms with E-state index in [0.717, 1.165) is 50.2 Å². The van der Waals surface area contributed by atoms with Crippen molar-refractivity contribution in [1.82, 2.24) is 29.7 Å². The number of phosphoric ester groups is 2. The molecule has 0 bridgehead atoms. The molecule has 664 valence electrons. The van der Waals surface area contributed by atoms with Crippen molar-refractivity contribution in [2.24, 2.45) is 29.4 Å². The Balaban J connectivity index is 0.000000420. The Labute approximate surface area is 689 Å². The number of nitrogens with two attached hydrogens (primary N) is 1. The second kappa shape index (κ2) is 49.4. The first-order valence-corrected chi connectivity index (χ1v) is 44.3. The largest absolute Gasteiger partial charge is 0.481 e. The molecule has 8 unspecified atom stereocenters. The number of carbonyl (C=O) groups excluding carboxylic acids is 11. The number of aromatic nitrogens is 4. The van der Waals surface area contributed by atoms with Crippen LogP contribution in [0.25, 0.3) is 0 Å². The number of thioether (sulfide) groups is 4. The van der Waals surface area contributed by atoms with Crippen LogP contribution in [0.3, 0.4) is 0 Å². The van der Waals surface area contributed by atoms with Crippen LogP contribution in [0.5, 0.6) is 0 Å². The van der Waals surface area contributed by atoms with Crippen LogP contribution in [0.15, 0.2) is 34.1 Å². The highest BCUT2D eigenvalue weighted by Gasteiger charge is 2.61. The van der Waals surface area contributed by atoms with Gasteiger partial charge in [0, 0.05) is 114 Å². The zero-order valence-electron chi connectivity index (χ0n) is 64.5. The molecule has 4 fully saturated rings. The van der Waals surface area contributed by atoms with Gasteiger partial charge in [-0.15, -0.1) is 0 Å². The molecule has 40 nitrogen and oxygen atoms in total. The summed E-state index contributed by atoms with van der Waals surface area (Å²) in [4.78, 5) is 213. The quantitative estimate of drug-likeness (QED) is 0.0195. The molecule has 2 saturated carbocycles. The maximum absolute atomic E-state index is 14.7. The Morgan fingerprint density at radius 3 is 1.25 bits per heavy atom. The third kappa shape index (κ3) is 35.0. The standard InChI is InChI=1S/C34H50F2N5O15PS2.C34H49F2N4O16PS2/c1-3-20(17-58-24-4-5-25(24)59-18-21(30(37)47)14-22(43)9-13-53-12-8-19(2)42)31(48)38-10-6-28(45)54-16-27(44)39-26-7-11-41(33(49)40-26)32-34(35,36)29(46)23(56-32)15-55-57(50,51)52;1-3-20(31(47)48)17-58-24-4-5-25(24)59-18-21(14-22(42)9-13-53-12-8-19(2)41)30(46)37-10-6-28(44)54-16-27(43)38-26-7-11-40(33(49)39-26)32-34(35,36)29(45)23(56-32)15-55-57(50,51)52/h7,11,20-21,23-25,29,32,46H,3-6,8-10,12-18H2,1-2H3,(H2,37,47)(H,38,48)(H2,50,51,52)(H,39,40,44,49);7,11,20-21,23-25,29,32,45H,3-6,8-10,12-18H2,1-2H3,(H,37,46)(H,47,48)(H2,50,51,52)(H,38,39,43,49)/t2*20?,21?,23-,24?,25?,29-,32-/m11/s1. The molecule has 2 aliphatic heterocycles. The van der Waals surface area contributed by atoms with Gasteiger partial charge in [0.25, 0.3) is 11.8 Å². The van der Waals surface area contributed by atoms with E-state index < -0.39 is 173 Å². The minimum atomic E-state index is -5.10. The number of carboxylic acids is 1. The summed E-state index contributed by atoms with van der Waals surface area (Å²) in [5.41, 5.74) is 2.85. The first-order valence-electron chi connectivity index (χ1n) is 37.1. The molecule has 2 aliphatic carbocycles. The van der Waals surface area contributed by atoms with Gasteiger partial charge < -0.3 is 90.3 Å². The highest BCUT2D eigenvalue weighted by atomic mass is 32.2. The SMILES string of the molecule is CCC(CSC1CCC1SCC(CC(=O)CCOCCC(C)=O)C(=O)NCCC(=O)OCC(=O)Nc1ccn([C@@H]2O[C@H](COP(=O)(O)O)[C@@H](O)C2(F)F)c(=O)n1)C(=O)O.CCC(CSC1CCC1SCC(CC(=O)CCOCCC(C)=O)C(N)=O)C(=O)NCCC(=O)OCC(=O)Nc1ccn([C@@H]2O[C@H](COP(=O)(O)O)[C@@H](O)C2(F)F)c(=O)n1. The molecule has 118 heavy (non-hydrogen) atoms. The number of amides is 5. The summed E-state index contributed by atoms with van der Waals surface area (Å²) in [5.74, 6) is -15.8. The molecule has 2 saturated heterocycles. The number of esters is 2. The number of aliphatic carboxylic acids is 1. The smallest absolute Gasteiger partial charge is 0.469 e. The lowest BCUT2D eigenvalue weighted by atomic mass is 9.99. The number of alkyl halides is 4. The van der Waals surface area contributed by atoms with E-state index in [0.29, 0.717) is 34.7 Å². The fourth-order valence-electron chi connectivity index (χ4n) is 11.1. The maximum Gasteiger partial charge on any atom is 0.469 e. The summed E-state index contributed by atoms with van der Waals surface area (Å²) in [6, 6.07) is 1.87. The number of phosphoric acid groups is 2. The molecule has 6 rings (SSSR count). The van der Waals surface area contributed by atoms with Crippen LogP contribution >= 0.6 is 62.7 Å². The number of aliphatic hydroxyl groups is 2. The van der Waals surface area contributed by atoms with E-state index >= 15 is 0 Å².